The lowest BCUT2D eigenvalue weighted by Gasteiger charge is -2.30. The van der Waals surface area contributed by atoms with E-state index in [2.05, 4.69) is 20.9 Å². The molecule has 1 saturated heterocycles. The minimum Gasteiger partial charge on any atom is -0.332 e. The molecule has 132 valence electrons. The largest absolute Gasteiger partial charge is 0.332 e. The Hall–Kier alpha value is -1.61. The zero-order valence-electron chi connectivity index (χ0n) is 13.2. The smallest absolute Gasteiger partial charge is 0.227 e. The summed E-state index contributed by atoms with van der Waals surface area (Å²) in [5, 5.41) is 12.0. The molecule has 9 heteroatoms. The van der Waals surface area contributed by atoms with Crippen LogP contribution in [0.1, 0.15) is 18.4 Å². The van der Waals surface area contributed by atoms with Gasteiger partial charge in [-0.05, 0) is 17.7 Å². The van der Waals surface area contributed by atoms with Gasteiger partial charge in [-0.15, -0.1) is 23.1 Å². The van der Waals surface area contributed by atoms with Crippen LogP contribution in [0.2, 0.25) is 5.02 Å². The second kappa shape index (κ2) is 8.66. The van der Waals surface area contributed by atoms with Gasteiger partial charge in [-0.25, -0.2) is 4.98 Å². The Bertz CT molecular complexity index is 741. The van der Waals surface area contributed by atoms with Crippen molar-refractivity contribution in [2.45, 2.75) is 30.1 Å². The van der Waals surface area contributed by atoms with Crippen LogP contribution < -0.4 is 16.0 Å². The van der Waals surface area contributed by atoms with E-state index >= 15 is 0 Å². The monoisotopic (exact) mass is 396 g/mol. The molecule has 2 aromatic rings. The number of anilines is 1. The molecular weight excluding hydrogens is 380 g/mol. The predicted octanol–water partition coefficient (Wildman–Crippen LogP) is 2.82. The summed E-state index contributed by atoms with van der Waals surface area (Å²) in [6.07, 6.45) is 2.13. The molecule has 1 fully saturated rings. The van der Waals surface area contributed by atoms with Gasteiger partial charge in [-0.3, -0.25) is 14.9 Å². The van der Waals surface area contributed by atoms with Crippen molar-refractivity contribution in [3.63, 3.8) is 0 Å². The quantitative estimate of drug-likeness (QED) is 0.699. The Morgan fingerprint density at radius 1 is 1.48 bits per heavy atom. The van der Waals surface area contributed by atoms with Crippen molar-refractivity contribution in [3.8, 4) is 0 Å². The van der Waals surface area contributed by atoms with E-state index < -0.39 is 0 Å². The van der Waals surface area contributed by atoms with E-state index in [4.69, 9.17) is 11.6 Å². The van der Waals surface area contributed by atoms with Crippen molar-refractivity contribution in [3.05, 3.63) is 46.4 Å². The van der Waals surface area contributed by atoms with Crippen molar-refractivity contribution in [2.75, 3.05) is 5.32 Å². The summed E-state index contributed by atoms with van der Waals surface area (Å²) in [5.41, 5.74) is 0.843. The number of carbonyl (C=O) groups excluding carboxylic acids is 2. The minimum atomic E-state index is -0.238. The van der Waals surface area contributed by atoms with Crippen LogP contribution in [0.4, 0.5) is 5.13 Å². The van der Waals surface area contributed by atoms with Gasteiger partial charge in [0.15, 0.2) is 5.13 Å². The highest BCUT2D eigenvalue weighted by Crippen LogP contribution is 2.21. The van der Waals surface area contributed by atoms with Crippen LogP contribution in [-0.2, 0) is 15.3 Å². The van der Waals surface area contributed by atoms with Gasteiger partial charge in [-0.1, -0.05) is 23.7 Å². The number of carbonyl (C=O) groups is 2. The van der Waals surface area contributed by atoms with Crippen LogP contribution >= 0.6 is 34.7 Å². The molecule has 2 heterocycles. The van der Waals surface area contributed by atoms with Crippen LogP contribution in [0, 0.1) is 0 Å². The van der Waals surface area contributed by atoms with Crippen LogP contribution in [-0.4, -0.2) is 28.3 Å². The molecule has 1 aliphatic heterocycles. The first-order chi connectivity index (χ1) is 12.1. The second-order valence-electron chi connectivity index (χ2n) is 5.55. The van der Waals surface area contributed by atoms with Crippen LogP contribution in [0.15, 0.2) is 35.8 Å². The van der Waals surface area contributed by atoms with E-state index in [1.54, 1.807) is 23.3 Å². The van der Waals surface area contributed by atoms with E-state index in [-0.39, 0.29) is 36.2 Å². The summed E-state index contributed by atoms with van der Waals surface area (Å²) in [6, 6.07) is 7.41. The van der Waals surface area contributed by atoms with E-state index in [9.17, 15) is 9.59 Å². The molecule has 6 nitrogen and oxygen atoms in total. The molecule has 1 aromatic heterocycles. The highest BCUT2D eigenvalue weighted by atomic mass is 35.5. The van der Waals surface area contributed by atoms with E-state index in [0.717, 1.165) is 5.56 Å². The first kappa shape index (κ1) is 18.2. The van der Waals surface area contributed by atoms with Gasteiger partial charge in [0.25, 0.3) is 0 Å². The predicted molar refractivity (Wildman–Crippen MR) is 102 cm³/mol. The zero-order valence-corrected chi connectivity index (χ0v) is 15.6. The lowest BCUT2D eigenvalue weighted by molar-refractivity contribution is -0.124. The molecule has 2 unspecified atom stereocenters. The van der Waals surface area contributed by atoms with Gasteiger partial charge in [0, 0.05) is 41.2 Å². The van der Waals surface area contributed by atoms with Crippen molar-refractivity contribution in [2.24, 2.45) is 0 Å². The normalized spacial score (nSPS) is 20.1. The Morgan fingerprint density at radius 2 is 2.36 bits per heavy atom. The van der Waals surface area contributed by atoms with E-state index in [1.807, 2.05) is 24.3 Å². The molecule has 25 heavy (non-hydrogen) atoms. The molecule has 0 bridgehead atoms. The molecule has 3 rings (SSSR count). The summed E-state index contributed by atoms with van der Waals surface area (Å²) in [5.74, 6) is 0.492. The standard InChI is InChI=1S/C16H17ClN4O2S2/c17-11-3-1-2-10(6-11)9-25-16-19-12(8-14(23)21-16)7-13(22)20-15-18-4-5-24-15/h1-6,12,16,19H,7-9H2,(H,21,23)(H,18,20,22). The first-order valence-corrected chi connectivity index (χ1v) is 10.00. The summed E-state index contributed by atoms with van der Waals surface area (Å²) in [7, 11) is 0. The first-order valence-electron chi connectivity index (χ1n) is 7.69. The fourth-order valence-electron chi connectivity index (χ4n) is 2.45. The molecule has 2 amide bonds. The molecule has 0 spiro atoms. The number of hydrogen-bond acceptors (Lipinski definition) is 6. The molecule has 0 radical (unpaired) electrons. The third kappa shape index (κ3) is 5.71. The average molecular weight is 397 g/mol. The van der Waals surface area contributed by atoms with Crippen molar-refractivity contribution in [1.29, 1.82) is 0 Å². The number of thiazole rings is 1. The van der Waals surface area contributed by atoms with Crippen molar-refractivity contribution >= 4 is 51.6 Å². The lowest BCUT2D eigenvalue weighted by Crippen LogP contribution is -2.55. The number of amides is 2. The Kier molecular flexibility index (Phi) is 6.30. The third-order valence-corrected chi connectivity index (χ3v) is 5.54. The summed E-state index contributed by atoms with van der Waals surface area (Å²) in [6.45, 7) is 0. The summed E-state index contributed by atoms with van der Waals surface area (Å²) < 4.78 is 0. The Balaban J connectivity index is 1.50. The molecule has 1 aromatic carbocycles. The number of halogens is 1. The number of nitrogens with zero attached hydrogens (tertiary/aromatic N) is 1. The van der Waals surface area contributed by atoms with Gasteiger partial charge in [-0.2, -0.15) is 0 Å². The molecule has 1 aliphatic rings. The van der Waals surface area contributed by atoms with Crippen molar-refractivity contribution < 1.29 is 9.59 Å². The Labute approximate surface area is 158 Å². The van der Waals surface area contributed by atoms with Gasteiger partial charge in [0.05, 0.1) is 0 Å². The highest BCUT2D eigenvalue weighted by molar-refractivity contribution is 7.99. The second-order valence-corrected chi connectivity index (χ2v) is 7.97. The topological polar surface area (TPSA) is 83.1 Å². The van der Waals surface area contributed by atoms with E-state index in [1.165, 1.54) is 11.3 Å². The Morgan fingerprint density at radius 3 is 3.12 bits per heavy atom. The molecule has 3 N–H and O–H groups in total. The maximum atomic E-state index is 12.1. The third-order valence-electron chi connectivity index (χ3n) is 3.53. The molecule has 0 saturated carbocycles. The van der Waals surface area contributed by atoms with Crippen molar-refractivity contribution in [1.82, 2.24) is 15.6 Å². The number of aromatic nitrogens is 1. The highest BCUT2D eigenvalue weighted by Gasteiger charge is 2.27. The number of thioether (sulfide) groups is 1. The summed E-state index contributed by atoms with van der Waals surface area (Å²) in [4.78, 5) is 28.0. The fourth-order valence-corrected chi connectivity index (χ4v) is 4.25. The maximum absolute atomic E-state index is 12.1. The van der Waals surface area contributed by atoms with Gasteiger partial charge < -0.3 is 10.6 Å². The zero-order chi connectivity index (χ0) is 17.6. The lowest BCUT2D eigenvalue weighted by atomic mass is 10.1. The maximum Gasteiger partial charge on any atom is 0.227 e. The van der Waals surface area contributed by atoms with Gasteiger partial charge >= 0.3 is 0 Å². The molecule has 0 aliphatic carbocycles. The van der Waals surface area contributed by atoms with Crippen LogP contribution in [0.5, 0.6) is 0 Å². The summed E-state index contributed by atoms with van der Waals surface area (Å²) >= 11 is 8.90. The number of rotatable bonds is 6. The SMILES string of the molecule is O=C(CC1CC(=O)NC(SCc2cccc(Cl)c2)N1)Nc1nccs1. The van der Waals surface area contributed by atoms with E-state index in [0.29, 0.717) is 15.9 Å². The fraction of sp³-hybridized carbons (Fsp3) is 0.312. The minimum absolute atomic E-state index is 0.0607. The number of benzene rings is 1. The van der Waals surface area contributed by atoms with Crippen LogP contribution in [0.3, 0.4) is 0 Å². The van der Waals surface area contributed by atoms with Gasteiger partial charge in [0.1, 0.15) is 5.50 Å². The van der Waals surface area contributed by atoms with Gasteiger partial charge in [0.2, 0.25) is 11.8 Å². The average Bonchev–Trinajstić information content (AvgIpc) is 3.05. The number of hydrogen-bond donors (Lipinski definition) is 3. The van der Waals surface area contributed by atoms with Crippen LogP contribution in [0.25, 0.3) is 0 Å². The number of nitrogens with one attached hydrogen (secondary N) is 3. The molecule has 2 atom stereocenters. The molecular formula is C16H17ClN4O2S2.